The summed E-state index contributed by atoms with van der Waals surface area (Å²) >= 11 is 0. The minimum absolute atomic E-state index is 0.391. The maximum atomic E-state index is 11.6. The zero-order valence-corrected chi connectivity index (χ0v) is 11.1. The first-order valence-electron chi connectivity index (χ1n) is 7.08. The van der Waals surface area contributed by atoms with Crippen molar-refractivity contribution in [1.82, 2.24) is 0 Å². The number of carbonyl (C=O) groups is 1. The standard InChI is InChI=1S/C15H21N3O/c16-12-4-5-14(13(7-12)15(17)19)18-8-10-2-1-3-11(6-10)9-18/h4-5,7,10-11H,1-3,6,8-9,16H2,(H2,17,19). The molecule has 0 radical (unpaired) electrons. The molecule has 4 heteroatoms. The fourth-order valence-corrected chi connectivity index (χ4v) is 3.66. The molecule has 2 bridgehead atoms. The van der Waals surface area contributed by atoms with Gasteiger partial charge in [0, 0.05) is 24.5 Å². The summed E-state index contributed by atoms with van der Waals surface area (Å²) in [6, 6.07) is 5.49. The van der Waals surface area contributed by atoms with Crippen molar-refractivity contribution in [3.63, 3.8) is 0 Å². The van der Waals surface area contributed by atoms with E-state index < -0.39 is 5.91 Å². The van der Waals surface area contributed by atoms with Crippen LogP contribution >= 0.6 is 0 Å². The lowest BCUT2D eigenvalue weighted by atomic mass is 9.77. The Labute approximate surface area is 113 Å². The van der Waals surface area contributed by atoms with Crippen molar-refractivity contribution in [2.24, 2.45) is 17.6 Å². The fraction of sp³-hybridized carbons (Fsp3) is 0.533. The van der Waals surface area contributed by atoms with Crippen molar-refractivity contribution in [3.05, 3.63) is 23.8 Å². The van der Waals surface area contributed by atoms with Crippen molar-refractivity contribution in [2.45, 2.75) is 25.7 Å². The van der Waals surface area contributed by atoms with Gasteiger partial charge in [0.1, 0.15) is 0 Å². The van der Waals surface area contributed by atoms with Crippen LogP contribution in [-0.2, 0) is 0 Å². The number of amides is 1. The summed E-state index contributed by atoms with van der Waals surface area (Å²) in [5.74, 6) is 1.15. The van der Waals surface area contributed by atoms with Gasteiger partial charge in [0.05, 0.1) is 5.56 Å². The molecule has 3 rings (SSSR count). The second-order valence-electron chi connectivity index (χ2n) is 5.94. The van der Waals surface area contributed by atoms with Gasteiger partial charge in [0.25, 0.3) is 5.91 Å². The summed E-state index contributed by atoms with van der Waals surface area (Å²) in [6.07, 6.45) is 5.33. The van der Waals surface area contributed by atoms with Gasteiger partial charge < -0.3 is 16.4 Å². The molecule has 1 heterocycles. The molecule has 1 amide bonds. The molecule has 0 spiro atoms. The summed E-state index contributed by atoms with van der Waals surface area (Å²) in [6.45, 7) is 2.08. The monoisotopic (exact) mass is 259 g/mol. The number of carbonyl (C=O) groups excluding carboxylic acids is 1. The molecule has 1 saturated heterocycles. The molecule has 1 aliphatic heterocycles. The van der Waals surface area contributed by atoms with Crippen LogP contribution in [0.4, 0.5) is 11.4 Å². The van der Waals surface area contributed by atoms with Crippen molar-refractivity contribution < 1.29 is 4.79 Å². The summed E-state index contributed by atoms with van der Waals surface area (Å²) in [5, 5.41) is 0. The minimum atomic E-state index is -0.391. The van der Waals surface area contributed by atoms with E-state index in [1.807, 2.05) is 12.1 Å². The number of anilines is 2. The van der Waals surface area contributed by atoms with E-state index in [2.05, 4.69) is 4.90 Å². The van der Waals surface area contributed by atoms with Crippen molar-refractivity contribution in [3.8, 4) is 0 Å². The predicted octanol–water partition coefficient (Wildman–Crippen LogP) is 1.99. The summed E-state index contributed by atoms with van der Waals surface area (Å²) in [5.41, 5.74) is 13.3. The number of rotatable bonds is 2. The molecular formula is C15H21N3O. The molecule has 2 aliphatic rings. The number of fused-ring (bicyclic) bond motifs is 2. The van der Waals surface area contributed by atoms with Crippen LogP contribution in [0.15, 0.2) is 18.2 Å². The molecule has 0 aromatic heterocycles. The highest BCUT2D eigenvalue weighted by atomic mass is 16.1. The van der Waals surface area contributed by atoms with Crippen molar-refractivity contribution >= 4 is 17.3 Å². The fourth-order valence-electron chi connectivity index (χ4n) is 3.66. The third-order valence-corrected chi connectivity index (χ3v) is 4.48. The zero-order chi connectivity index (χ0) is 13.4. The first kappa shape index (κ1) is 12.3. The maximum absolute atomic E-state index is 11.6. The molecule has 2 unspecified atom stereocenters. The molecule has 1 aromatic rings. The zero-order valence-electron chi connectivity index (χ0n) is 11.1. The Hall–Kier alpha value is -1.71. The van der Waals surface area contributed by atoms with E-state index in [9.17, 15) is 4.79 Å². The number of nitrogen functional groups attached to an aromatic ring is 1. The average molecular weight is 259 g/mol. The van der Waals surface area contributed by atoms with Gasteiger partial charge in [-0.2, -0.15) is 0 Å². The number of hydrogen-bond donors (Lipinski definition) is 2. The Balaban J connectivity index is 1.91. The quantitative estimate of drug-likeness (QED) is 0.798. The Kier molecular flexibility index (Phi) is 3.09. The number of hydrogen-bond acceptors (Lipinski definition) is 3. The minimum Gasteiger partial charge on any atom is -0.399 e. The smallest absolute Gasteiger partial charge is 0.250 e. The first-order valence-corrected chi connectivity index (χ1v) is 7.08. The molecule has 1 aromatic carbocycles. The highest BCUT2D eigenvalue weighted by Crippen LogP contribution is 2.37. The van der Waals surface area contributed by atoms with Crippen LogP contribution in [0.3, 0.4) is 0 Å². The Morgan fingerprint density at radius 2 is 1.89 bits per heavy atom. The highest BCUT2D eigenvalue weighted by molar-refractivity contribution is 5.99. The lowest BCUT2D eigenvalue weighted by molar-refractivity contribution is 0.100. The van der Waals surface area contributed by atoms with Crippen LogP contribution in [0, 0.1) is 11.8 Å². The lowest BCUT2D eigenvalue weighted by Crippen LogP contribution is -2.43. The topological polar surface area (TPSA) is 72.3 Å². The highest BCUT2D eigenvalue weighted by Gasteiger charge is 2.31. The predicted molar refractivity (Wildman–Crippen MR) is 77.0 cm³/mol. The molecule has 2 fully saturated rings. The molecule has 4 nitrogen and oxygen atoms in total. The number of benzene rings is 1. The summed E-state index contributed by atoms with van der Waals surface area (Å²) in [7, 11) is 0. The number of primary amides is 1. The largest absolute Gasteiger partial charge is 0.399 e. The third-order valence-electron chi connectivity index (χ3n) is 4.48. The van der Waals surface area contributed by atoms with Crippen molar-refractivity contribution in [2.75, 3.05) is 23.7 Å². The van der Waals surface area contributed by atoms with Crippen LogP contribution in [0.1, 0.15) is 36.0 Å². The second kappa shape index (κ2) is 4.76. The van der Waals surface area contributed by atoms with Crippen LogP contribution in [0.25, 0.3) is 0 Å². The summed E-state index contributed by atoms with van der Waals surface area (Å²) in [4.78, 5) is 13.9. The van der Waals surface area contributed by atoms with Crippen molar-refractivity contribution in [1.29, 1.82) is 0 Å². The molecule has 4 N–H and O–H groups in total. The van der Waals surface area contributed by atoms with E-state index in [4.69, 9.17) is 11.5 Å². The first-order chi connectivity index (χ1) is 9.13. The lowest BCUT2D eigenvalue weighted by Gasteiger charge is -2.43. The van der Waals surface area contributed by atoms with E-state index in [-0.39, 0.29) is 0 Å². The molecule has 2 atom stereocenters. The average Bonchev–Trinajstić information content (AvgIpc) is 2.38. The summed E-state index contributed by atoms with van der Waals surface area (Å²) < 4.78 is 0. The van der Waals surface area contributed by atoms with Crippen LogP contribution < -0.4 is 16.4 Å². The van der Waals surface area contributed by atoms with Crippen LogP contribution in [0.5, 0.6) is 0 Å². The van der Waals surface area contributed by atoms with E-state index in [1.165, 1.54) is 25.7 Å². The number of nitrogens with zero attached hydrogens (tertiary/aromatic N) is 1. The van der Waals surface area contributed by atoms with Gasteiger partial charge in [-0.25, -0.2) is 0 Å². The Morgan fingerprint density at radius 3 is 2.53 bits per heavy atom. The third kappa shape index (κ3) is 2.39. The van der Waals surface area contributed by atoms with Crippen LogP contribution in [-0.4, -0.2) is 19.0 Å². The molecule has 1 saturated carbocycles. The van der Waals surface area contributed by atoms with Gasteiger partial charge in [0.2, 0.25) is 0 Å². The van der Waals surface area contributed by atoms with E-state index in [0.717, 1.165) is 30.6 Å². The van der Waals surface area contributed by atoms with Gasteiger partial charge in [0.15, 0.2) is 0 Å². The van der Waals surface area contributed by atoms with Gasteiger partial charge in [-0.3, -0.25) is 4.79 Å². The number of piperidine rings is 1. The van der Waals surface area contributed by atoms with Gasteiger partial charge >= 0.3 is 0 Å². The van der Waals surface area contributed by atoms with E-state index in [0.29, 0.717) is 11.3 Å². The Bertz CT molecular complexity index is 488. The second-order valence-corrected chi connectivity index (χ2v) is 5.94. The molecule has 1 aliphatic carbocycles. The molecule has 102 valence electrons. The Morgan fingerprint density at radius 1 is 1.21 bits per heavy atom. The van der Waals surface area contributed by atoms with E-state index in [1.54, 1.807) is 6.07 Å². The van der Waals surface area contributed by atoms with Gasteiger partial charge in [-0.15, -0.1) is 0 Å². The van der Waals surface area contributed by atoms with E-state index >= 15 is 0 Å². The normalized spacial score (nSPS) is 26.2. The van der Waals surface area contributed by atoms with Gasteiger partial charge in [-0.05, 0) is 49.3 Å². The number of nitrogens with two attached hydrogens (primary N) is 2. The van der Waals surface area contributed by atoms with Crippen LogP contribution in [0.2, 0.25) is 0 Å². The molecular weight excluding hydrogens is 238 g/mol. The molecule has 19 heavy (non-hydrogen) atoms. The van der Waals surface area contributed by atoms with Gasteiger partial charge in [-0.1, -0.05) is 6.42 Å². The SMILES string of the molecule is NC(=O)c1cc(N)ccc1N1CC2CCCC(C2)C1. The maximum Gasteiger partial charge on any atom is 0.250 e.